The van der Waals surface area contributed by atoms with Crippen LogP contribution in [0.3, 0.4) is 0 Å². The third kappa shape index (κ3) is 5.07. The summed E-state index contributed by atoms with van der Waals surface area (Å²) in [5.41, 5.74) is 0. The van der Waals surface area contributed by atoms with E-state index in [1.807, 2.05) is 12.1 Å². The smallest absolute Gasteiger partial charge is 0.230 e. The minimum Gasteiger partial charge on any atom is -0.350 e. The number of hydrogen-bond donors (Lipinski definition) is 1. The van der Waals surface area contributed by atoms with Crippen molar-refractivity contribution < 1.29 is 4.79 Å². The molecule has 1 aromatic rings. The standard InChI is InChI=1S/C9H9ClN2OS2/c10-8-2-1-7(15-8)5-12-9(13)6-14-4-3-11/h1-2H,4-6H2,(H,12,13). The summed E-state index contributed by atoms with van der Waals surface area (Å²) in [5, 5.41) is 11.0. The molecule has 0 saturated heterocycles. The van der Waals surface area contributed by atoms with Crippen LogP contribution in [0.2, 0.25) is 4.34 Å². The van der Waals surface area contributed by atoms with E-state index in [2.05, 4.69) is 5.32 Å². The van der Waals surface area contributed by atoms with Crippen LogP contribution in [-0.2, 0) is 11.3 Å². The van der Waals surface area contributed by atoms with E-state index < -0.39 is 0 Å². The molecule has 0 saturated carbocycles. The van der Waals surface area contributed by atoms with Gasteiger partial charge in [0.25, 0.3) is 0 Å². The number of carbonyl (C=O) groups is 1. The van der Waals surface area contributed by atoms with E-state index in [4.69, 9.17) is 16.9 Å². The van der Waals surface area contributed by atoms with E-state index in [9.17, 15) is 4.79 Å². The van der Waals surface area contributed by atoms with E-state index in [0.29, 0.717) is 18.1 Å². The second-order valence-corrected chi connectivity index (χ2v) is 5.42. The van der Waals surface area contributed by atoms with Gasteiger partial charge >= 0.3 is 0 Å². The molecular weight excluding hydrogens is 252 g/mol. The lowest BCUT2D eigenvalue weighted by Gasteiger charge is -2.01. The summed E-state index contributed by atoms with van der Waals surface area (Å²) < 4.78 is 0.720. The summed E-state index contributed by atoms with van der Waals surface area (Å²) in [5.74, 6) is 0.616. The Morgan fingerprint density at radius 2 is 2.47 bits per heavy atom. The van der Waals surface area contributed by atoms with Crippen LogP contribution >= 0.6 is 34.7 Å². The zero-order valence-electron chi connectivity index (χ0n) is 7.83. The molecule has 0 atom stereocenters. The predicted octanol–water partition coefficient (Wildman–Crippen LogP) is 2.27. The van der Waals surface area contributed by atoms with Gasteiger partial charge in [-0.3, -0.25) is 4.79 Å². The third-order valence-corrected chi connectivity index (χ3v) is 3.52. The number of nitrogens with zero attached hydrogens (tertiary/aromatic N) is 1. The fourth-order valence-electron chi connectivity index (χ4n) is 0.873. The molecule has 3 nitrogen and oxygen atoms in total. The lowest BCUT2D eigenvalue weighted by atomic mass is 10.4. The zero-order chi connectivity index (χ0) is 11.1. The molecule has 0 aromatic carbocycles. The van der Waals surface area contributed by atoms with Crippen molar-refractivity contribution in [3.05, 3.63) is 21.3 Å². The highest BCUT2D eigenvalue weighted by atomic mass is 35.5. The van der Waals surface area contributed by atoms with Crippen LogP contribution in [0.5, 0.6) is 0 Å². The van der Waals surface area contributed by atoms with Crippen molar-refractivity contribution in [2.45, 2.75) is 6.54 Å². The maximum atomic E-state index is 11.2. The number of carbonyl (C=O) groups excluding carboxylic acids is 1. The molecule has 0 aliphatic carbocycles. The minimum atomic E-state index is -0.0558. The molecule has 0 bridgehead atoms. The second kappa shape index (κ2) is 6.72. The molecule has 0 spiro atoms. The topological polar surface area (TPSA) is 52.9 Å². The Morgan fingerprint density at radius 3 is 3.07 bits per heavy atom. The molecular formula is C9H9ClN2OS2. The minimum absolute atomic E-state index is 0.0558. The Bertz CT molecular complexity index is 372. The molecule has 1 rings (SSSR count). The van der Waals surface area contributed by atoms with Gasteiger partial charge in [-0.05, 0) is 12.1 Å². The largest absolute Gasteiger partial charge is 0.350 e. The SMILES string of the molecule is N#CCSCC(=O)NCc1ccc(Cl)s1. The number of amides is 1. The Balaban J connectivity index is 2.20. The van der Waals surface area contributed by atoms with E-state index in [1.165, 1.54) is 23.1 Å². The quantitative estimate of drug-likeness (QED) is 0.827. The molecule has 1 heterocycles. The summed E-state index contributed by atoms with van der Waals surface area (Å²) in [7, 11) is 0. The van der Waals surface area contributed by atoms with Gasteiger partial charge in [0.2, 0.25) is 5.91 Å². The lowest BCUT2D eigenvalue weighted by Crippen LogP contribution is -2.24. The normalized spacial score (nSPS) is 9.60. The monoisotopic (exact) mass is 260 g/mol. The first-order chi connectivity index (χ1) is 7.22. The van der Waals surface area contributed by atoms with Crippen LogP contribution in [-0.4, -0.2) is 17.4 Å². The van der Waals surface area contributed by atoms with Crippen LogP contribution in [0, 0.1) is 11.3 Å². The van der Waals surface area contributed by atoms with Gasteiger partial charge in [0, 0.05) is 4.88 Å². The molecule has 0 unspecified atom stereocenters. The number of nitriles is 1. The third-order valence-electron chi connectivity index (χ3n) is 1.49. The average molecular weight is 261 g/mol. The van der Waals surface area contributed by atoms with Crippen molar-refractivity contribution in [3.63, 3.8) is 0 Å². The second-order valence-electron chi connectivity index (χ2n) is 2.63. The Hall–Kier alpha value is -0.700. The molecule has 1 aromatic heterocycles. The molecule has 0 radical (unpaired) electrons. The van der Waals surface area contributed by atoms with Gasteiger partial charge in [0.1, 0.15) is 0 Å². The molecule has 1 N–H and O–H groups in total. The summed E-state index contributed by atoms with van der Waals surface area (Å²) in [6.07, 6.45) is 0. The predicted molar refractivity (Wildman–Crippen MR) is 64.1 cm³/mol. The van der Waals surface area contributed by atoms with E-state index in [1.54, 1.807) is 6.07 Å². The fraction of sp³-hybridized carbons (Fsp3) is 0.333. The summed E-state index contributed by atoms with van der Waals surface area (Å²) in [6, 6.07) is 5.66. The lowest BCUT2D eigenvalue weighted by molar-refractivity contribution is -0.118. The molecule has 0 fully saturated rings. The highest BCUT2D eigenvalue weighted by Crippen LogP contribution is 2.20. The van der Waals surface area contributed by atoms with E-state index in [-0.39, 0.29) is 5.91 Å². The Kier molecular flexibility index (Phi) is 5.54. The summed E-state index contributed by atoms with van der Waals surface area (Å²) >= 11 is 8.50. The first-order valence-electron chi connectivity index (χ1n) is 4.18. The summed E-state index contributed by atoms with van der Waals surface area (Å²) in [6.45, 7) is 0.503. The van der Waals surface area contributed by atoms with Crippen molar-refractivity contribution >= 4 is 40.6 Å². The number of hydrogen-bond acceptors (Lipinski definition) is 4. The van der Waals surface area contributed by atoms with Crippen LogP contribution in [0.1, 0.15) is 4.88 Å². The number of thioether (sulfide) groups is 1. The van der Waals surface area contributed by atoms with Crippen LogP contribution in [0.15, 0.2) is 12.1 Å². The van der Waals surface area contributed by atoms with Crippen LogP contribution in [0.25, 0.3) is 0 Å². The molecule has 0 aliphatic rings. The highest BCUT2D eigenvalue weighted by molar-refractivity contribution is 8.00. The maximum absolute atomic E-state index is 11.2. The number of thiophene rings is 1. The summed E-state index contributed by atoms with van der Waals surface area (Å²) in [4.78, 5) is 12.3. The molecule has 1 amide bonds. The van der Waals surface area contributed by atoms with Gasteiger partial charge in [-0.25, -0.2) is 0 Å². The van der Waals surface area contributed by atoms with Gasteiger partial charge in [0.15, 0.2) is 0 Å². The molecule has 15 heavy (non-hydrogen) atoms. The number of nitrogens with one attached hydrogen (secondary N) is 1. The first kappa shape index (κ1) is 12.4. The van der Waals surface area contributed by atoms with Gasteiger partial charge in [-0.1, -0.05) is 11.6 Å². The average Bonchev–Trinajstić information content (AvgIpc) is 2.62. The number of rotatable bonds is 5. The van der Waals surface area contributed by atoms with Crippen molar-refractivity contribution in [2.75, 3.05) is 11.5 Å². The maximum Gasteiger partial charge on any atom is 0.230 e. The zero-order valence-corrected chi connectivity index (χ0v) is 10.2. The van der Waals surface area contributed by atoms with Crippen molar-refractivity contribution in [1.29, 1.82) is 5.26 Å². The molecule has 0 aliphatic heterocycles. The van der Waals surface area contributed by atoms with Gasteiger partial charge in [-0.15, -0.1) is 23.1 Å². The fourth-order valence-corrected chi connectivity index (χ4v) is 2.38. The van der Waals surface area contributed by atoms with Gasteiger partial charge in [0.05, 0.1) is 28.5 Å². The van der Waals surface area contributed by atoms with Gasteiger partial charge < -0.3 is 5.32 Å². The Morgan fingerprint density at radius 1 is 1.67 bits per heavy atom. The number of halogens is 1. The van der Waals surface area contributed by atoms with Crippen molar-refractivity contribution in [2.24, 2.45) is 0 Å². The van der Waals surface area contributed by atoms with Crippen LogP contribution in [0.4, 0.5) is 0 Å². The van der Waals surface area contributed by atoms with Gasteiger partial charge in [-0.2, -0.15) is 5.26 Å². The van der Waals surface area contributed by atoms with Crippen molar-refractivity contribution in [1.82, 2.24) is 5.32 Å². The van der Waals surface area contributed by atoms with E-state index in [0.717, 1.165) is 9.21 Å². The molecule has 6 heteroatoms. The van der Waals surface area contributed by atoms with Crippen LogP contribution < -0.4 is 5.32 Å². The van der Waals surface area contributed by atoms with E-state index >= 15 is 0 Å². The molecule has 80 valence electrons. The highest BCUT2D eigenvalue weighted by Gasteiger charge is 2.02. The Labute approximate surface area is 101 Å². The van der Waals surface area contributed by atoms with Crippen molar-refractivity contribution in [3.8, 4) is 6.07 Å². The first-order valence-corrected chi connectivity index (χ1v) is 6.53.